The van der Waals surface area contributed by atoms with Crippen molar-refractivity contribution in [3.05, 3.63) is 16.1 Å². The Hall–Kier alpha value is -0.940. The molecule has 0 aliphatic carbocycles. The molecule has 1 aliphatic heterocycles. The van der Waals surface area contributed by atoms with Crippen LogP contribution in [0.3, 0.4) is 0 Å². The summed E-state index contributed by atoms with van der Waals surface area (Å²) in [6.45, 7) is 8.84. The summed E-state index contributed by atoms with van der Waals surface area (Å²) in [4.78, 5) is 17.5. The molecular formula is C13H20N2O2S. The van der Waals surface area contributed by atoms with Crippen LogP contribution in [0.1, 0.15) is 55.0 Å². The molecule has 1 fully saturated rings. The number of carboxylic acids is 1. The summed E-state index contributed by atoms with van der Waals surface area (Å²) in [5, 5.41) is 11.5. The number of hydrogen-bond acceptors (Lipinski definition) is 4. The molecule has 2 rings (SSSR count). The standard InChI is InChI=1S/C13H20N2O2S/c1-13(2,3)15-6-4-9(5-7-15)11-14-10(8-18-11)12(16)17/h8-9H,4-7H2,1-3H3,(H,16,17). The second kappa shape index (κ2) is 4.97. The van der Waals surface area contributed by atoms with E-state index in [9.17, 15) is 4.79 Å². The van der Waals surface area contributed by atoms with Gasteiger partial charge in [-0.2, -0.15) is 0 Å². The lowest BCUT2D eigenvalue weighted by Gasteiger charge is -2.40. The molecular weight excluding hydrogens is 248 g/mol. The second-order valence-electron chi connectivity index (χ2n) is 5.81. The van der Waals surface area contributed by atoms with Gasteiger partial charge in [0.2, 0.25) is 0 Å². The molecule has 5 heteroatoms. The SMILES string of the molecule is CC(C)(C)N1CCC(c2nc(C(=O)O)cs2)CC1. The minimum Gasteiger partial charge on any atom is -0.476 e. The van der Waals surface area contributed by atoms with Gasteiger partial charge in [0.25, 0.3) is 0 Å². The monoisotopic (exact) mass is 268 g/mol. The highest BCUT2D eigenvalue weighted by Crippen LogP contribution is 2.32. The van der Waals surface area contributed by atoms with Crippen LogP contribution < -0.4 is 0 Å². The molecule has 1 aromatic rings. The van der Waals surface area contributed by atoms with Gasteiger partial charge >= 0.3 is 5.97 Å². The van der Waals surface area contributed by atoms with Gasteiger partial charge in [-0.05, 0) is 46.7 Å². The molecule has 0 amide bonds. The zero-order chi connectivity index (χ0) is 13.3. The molecule has 100 valence electrons. The van der Waals surface area contributed by atoms with Gasteiger partial charge in [0, 0.05) is 16.8 Å². The number of rotatable bonds is 2. The third kappa shape index (κ3) is 2.90. The van der Waals surface area contributed by atoms with E-state index in [1.807, 2.05) is 0 Å². The Balaban J connectivity index is 1.99. The van der Waals surface area contributed by atoms with Gasteiger partial charge < -0.3 is 5.11 Å². The van der Waals surface area contributed by atoms with Gasteiger partial charge in [-0.1, -0.05) is 0 Å². The highest BCUT2D eigenvalue weighted by Gasteiger charge is 2.29. The summed E-state index contributed by atoms with van der Waals surface area (Å²) in [5.74, 6) is -0.494. The van der Waals surface area contributed by atoms with Crippen molar-refractivity contribution < 1.29 is 9.90 Å². The van der Waals surface area contributed by atoms with Crippen LogP contribution in [0.5, 0.6) is 0 Å². The number of carboxylic acid groups (broad SMARTS) is 1. The molecule has 1 aliphatic rings. The van der Waals surface area contributed by atoms with Crippen molar-refractivity contribution in [2.45, 2.75) is 45.1 Å². The molecule has 1 saturated heterocycles. The Labute approximate surface area is 112 Å². The maximum Gasteiger partial charge on any atom is 0.355 e. The number of aromatic carboxylic acids is 1. The first-order valence-electron chi connectivity index (χ1n) is 6.31. The van der Waals surface area contributed by atoms with E-state index >= 15 is 0 Å². The van der Waals surface area contributed by atoms with Crippen molar-refractivity contribution >= 4 is 17.3 Å². The first-order chi connectivity index (χ1) is 8.38. The summed E-state index contributed by atoms with van der Waals surface area (Å²) in [7, 11) is 0. The summed E-state index contributed by atoms with van der Waals surface area (Å²) in [6.07, 6.45) is 2.15. The van der Waals surface area contributed by atoms with Crippen LogP contribution in [0.4, 0.5) is 0 Å². The summed E-state index contributed by atoms with van der Waals surface area (Å²) in [6, 6.07) is 0. The molecule has 0 aromatic carbocycles. The zero-order valence-corrected chi connectivity index (χ0v) is 12.0. The average molecular weight is 268 g/mol. The first-order valence-corrected chi connectivity index (χ1v) is 7.19. The molecule has 0 bridgehead atoms. The zero-order valence-electron chi connectivity index (χ0n) is 11.1. The fourth-order valence-electron chi connectivity index (χ4n) is 2.37. The minimum atomic E-state index is -0.926. The second-order valence-corrected chi connectivity index (χ2v) is 6.70. The summed E-state index contributed by atoms with van der Waals surface area (Å²) >= 11 is 1.48. The van der Waals surface area contributed by atoms with Crippen molar-refractivity contribution in [1.29, 1.82) is 0 Å². The molecule has 2 heterocycles. The fraction of sp³-hybridized carbons (Fsp3) is 0.692. The number of nitrogens with zero attached hydrogens (tertiary/aromatic N) is 2. The lowest BCUT2D eigenvalue weighted by atomic mass is 9.93. The van der Waals surface area contributed by atoms with Crippen LogP contribution in [-0.2, 0) is 0 Å². The summed E-state index contributed by atoms with van der Waals surface area (Å²) in [5.41, 5.74) is 0.410. The van der Waals surface area contributed by atoms with E-state index in [-0.39, 0.29) is 11.2 Å². The third-order valence-corrected chi connectivity index (χ3v) is 4.54. The first kappa shape index (κ1) is 13.5. The van der Waals surface area contributed by atoms with Crippen LogP contribution in [0.15, 0.2) is 5.38 Å². The van der Waals surface area contributed by atoms with Gasteiger partial charge in [0.15, 0.2) is 5.69 Å². The number of aromatic nitrogens is 1. The van der Waals surface area contributed by atoms with Crippen molar-refractivity contribution in [1.82, 2.24) is 9.88 Å². The molecule has 4 nitrogen and oxygen atoms in total. The topological polar surface area (TPSA) is 53.4 Å². The maximum absolute atomic E-state index is 10.8. The number of thiazole rings is 1. The van der Waals surface area contributed by atoms with Gasteiger partial charge in [-0.3, -0.25) is 4.90 Å². The largest absolute Gasteiger partial charge is 0.476 e. The summed E-state index contributed by atoms with van der Waals surface area (Å²) < 4.78 is 0. The minimum absolute atomic E-state index is 0.188. The van der Waals surface area contributed by atoms with E-state index in [1.165, 1.54) is 11.3 Å². The molecule has 0 atom stereocenters. The number of piperidine rings is 1. The molecule has 0 radical (unpaired) electrons. The Morgan fingerprint density at radius 3 is 2.50 bits per heavy atom. The van der Waals surface area contributed by atoms with Gasteiger partial charge in [0.05, 0.1) is 5.01 Å². The van der Waals surface area contributed by atoms with E-state index in [1.54, 1.807) is 5.38 Å². The van der Waals surface area contributed by atoms with Crippen LogP contribution in [0.2, 0.25) is 0 Å². The van der Waals surface area contributed by atoms with E-state index in [0.29, 0.717) is 5.92 Å². The average Bonchev–Trinajstić information content (AvgIpc) is 2.77. The highest BCUT2D eigenvalue weighted by atomic mass is 32.1. The van der Waals surface area contributed by atoms with E-state index in [4.69, 9.17) is 5.11 Å². The number of carbonyl (C=O) groups is 1. The maximum atomic E-state index is 10.8. The van der Waals surface area contributed by atoms with Crippen molar-refractivity contribution in [2.75, 3.05) is 13.1 Å². The predicted octanol–water partition coefficient (Wildman–Crippen LogP) is 2.82. The Morgan fingerprint density at radius 2 is 2.06 bits per heavy atom. The quantitative estimate of drug-likeness (QED) is 0.896. The Morgan fingerprint density at radius 1 is 1.44 bits per heavy atom. The van der Waals surface area contributed by atoms with Crippen molar-refractivity contribution in [3.63, 3.8) is 0 Å². The molecule has 1 N–H and O–H groups in total. The van der Waals surface area contributed by atoms with Crippen LogP contribution in [0, 0.1) is 0 Å². The van der Waals surface area contributed by atoms with Crippen LogP contribution >= 0.6 is 11.3 Å². The van der Waals surface area contributed by atoms with E-state index < -0.39 is 5.97 Å². The Kier molecular flexibility index (Phi) is 3.73. The van der Waals surface area contributed by atoms with Crippen molar-refractivity contribution in [2.24, 2.45) is 0 Å². The Bertz CT molecular complexity index is 428. The van der Waals surface area contributed by atoms with E-state index in [2.05, 4.69) is 30.7 Å². The molecule has 1 aromatic heterocycles. The molecule has 0 saturated carbocycles. The normalized spacial score (nSPS) is 19.1. The van der Waals surface area contributed by atoms with Crippen LogP contribution in [-0.4, -0.2) is 39.6 Å². The molecule has 18 heavy (non-hydrogen) atoms. The van der Waals surface area contributed by atoms with E-state index in [0.717, 1.165) is 30.9 Å². The van der Waals surface area contributed by atoms with Crippen molar-refractivity contribution in [3.8, 4) is 0 Å². The molecule has 0 spiro atoms. The lowest BCUT2D eigenvalue weighted by molar-refractivity contribution is 0.0691. The molecule has 0 unspecified atom stereocenters. The highest BCUT2D eigenvalue weighted by molar-refractivity contribution is 7.09. The predicted molar refractivity (Wildman–Crippen MR) is 72.4 cm³/mol. The lowest BCUT2D eigenvalue weighted by Crippen LogP contribution is -2.45. The van der Waals surface area contributed by atoms with Gasteiger partial charge in [0.1, 0.15) is 0 Å². The van der Waals surface area contributed by atoms with Gasteiger partial charge in [-0.25, -0.2) is 9.78 Å². The third-order valence-electron chi connectivity index (χ3n) is 3.53. The number of likely N-dealkylation sites (tertiary alicyclic amines) is 1. The smallest absolute Gasteiger partial charge is 0.355 e. The fourth-order valence-corrected chi connectivity index (χ4v) is 3.34. The van der Waals surface area contributed by atoms with Gasteiger partial charge in [-0.15, -0.1) is 11.3 Å². The number of hydrogen-bond donors (Lipinski definition) is 1. The van der Waals surface area contributed by atoms with Crippen LogP contribution in [0.25, 0.3) is 0 Å².